The third kappa shape index (κ3) is 3.32. The minimum Gasteiger partial charge on any atom is -0.508 e. The van der Waals surface area contributed by atoms with E-state index < -0.39 is 22.2 Å². The van der Waals surface area contributed by atoms with Crippen molar-refractivity contribution >= 4 is 5.78 Å². The van der Waals surface area contributed by atoms with Crippen molar-refractivity contribution in [2.45, 2.75) is 6.42 Å². The number of rotatable bonds is 4. The Morgan fingerprint density at radius 3 is 2.41 bits per heavy atom. The molecule has 7 nitrogen and oxygen atoms in total. The smallest absolute Gasteiger partial charge is 0.265 e. The molecule has 0 aliphatic heterocycles. The van der Waals surface area contributed by atoms with Crippen LogP contribution >= 0.6 is 0 Å². The zero-order valence-corrected chi connectivity index (χ0v) is 11.3. The van der Waals surface area contributed by atoms with Gasteiger partial charge in [0.2, 0.25) is 0 Å². The second-order valence-electron chi connectivity index (χ2n) is 4.73. The standard InChI is InChI=1S/C15H13NO6/c17-11-7-13(19)15(14(20)8-11)12(18)6-3-9-1-4-10(5-2-9)16(21)22/h1,3-9,17,19-20H,2H2/b6-3+/t9-/m0/s1. The number of phenolic OH excluding ortho intramolecular Hbond substituents is 3. The van der Waals surface area contributed by atoms with Gasteiger partial charge in [-0.3, -0.25) is 14.9 Å². The van der Waals surface area contributed by atoms with Crippen molar-refractivity contribution in [1.29, 1.82) is 0 Å². The van der Waals surface area contributed by atoms with Gasteiger partial charge in [-0.25, -0.2) is 0 Å². The molecule has 0 heterocycles. The van der Waals surface area contributed by atoms with Gasteiger partial charge in [-0.15, -0.1) is 0 Å². The number of ketones is 1. The van der Waals surface area contributed by atoms with Crippen LogP contribution in [0.2, 0.25) is 0 Å². The third-order valence-corrected chi connectivity index (χ3v) is 3.15. The molecule has 0 bridgehead atoms. The topological polar surface area (TPSA) is 121 Å². The van der Waals surface area contributed by atoms with Gasteiger partial charge in [0.05, 0.1) is 4.92 Å². The van der Waals surface area contributed by atoms with Gasteiger partial charge in [0.1, 0.15) is 22.8 Å². The van der Waals surface area contributed by atoms with Gasteiger partial charge >= 0.3 is 0 Å². The van der Waals surface area contributed by atoms with E-state index in [1.54, 1.807) is 6.08 Å². The van der Waals surface area contributed by atoms with Gasteiger partial charge in [-0.2, -0.15) is 0 Å². The Balaban J connectivity index is 2.11. The van der Waals surface area contributed by atoms with Gasteiger partial charge in [0.25, 0.3) is 5.70 Å². The number of carbonyl (C=O) groups excluding carboxylic acids is 1. The summed E-state index contributed by atoms with van der Waals surface area (Å²) in [6, 6.07) is 1.90. The van der Waals surface area contributed by atoms with E-state index in [9.17, 15) is 30.2 Å². The molecule has 0 aromatic heterocycles. The van der Waals surface area contributed by atoms with Crippen LogP contribution in [0, 0.1) is 16.0 Å². The summed E-state index contributed by atoms with van der Waals surface area (Å²) in [6.07, 6.45) is 7.49. The zero-order chi connectivity index (χ0) is 16.3. The van der Waals surface area contributed by atoms with E-state index in [4.69, 9.17) is 0 Å². The Kier molecular flexibility index (Phi) is 4.26. The summed E-state index contributed by atoms with van der Waals surface area (Å²) in [5.74, 6) is -2.23. The number of allylic oxidation sites excluding steroid dienone is 5. The Morgan fingerprint density at radius 2 is 1.91 bits per heavy atom. The number of hydrogen-bond donors (Lipinski definition) is 3. The van der Waals surface area contributed by atoms with Crippen LogP contribution in [-0.4, -0.2) is 26.0 Å². The number of hydrogen-bond acceptors (Lipinski definition) is 6. The number of carbonyl (C=O) groups is 1. The van der Waals surface area contributed by atoms with Crippen molar-refractivity contribution in [2.24, 2.45) is 5.92 Å². The lowest BCUT2D eigenvalue weighted by Crippen LogP contribution is -2.04. The van der Waals surface area contributed by atoms with Crippen LogP contribution in [0.1, 0.15) is 16.8 Å². The first kappa shape index (κ1) is 15.3. The maximum Gasteiger partial charge on any atom is 0.265 e. The van der Waals surface area contributed by atoms with Crippen molar-refractivity contribution in [3.63, 3.8) is 0 Å². The highest BCUT2D eigenvalue weighted by molar-refractivity contribution is 6.08. The van der Waals surface area contributed by atoms with E-state index in [2.05, 4.69) is 0 Å². The molecule has 114 valence electrons. The lowest BCUT2D eigenvalue weighted by molar-refractivity contribution is -0.419. The second kappa shape index (κ2) is 6.13. The summed E-state index contributed by atoms with van der Waals surface area (Å²) in [4.78, 5) is 22.0. The molecule has 0 amide bonds. The number of phenols is 3. The fourth-order valence-corrected chi connectivity index (χ4v) is 2.05. The molecule has 0 fully saturated rings. The van der Waals surface area contributed by atoms with E-state index in [1.165, 1.54) is 24.3 Å². The first-order chi connectivity index (χ1) is 10.4. The number of benzene rings is 1. The molecule has 0 saturated carbocycles. The fourth-order valence-electron chi connectivity index (χ4n) is 2.05. The van der Waals surface area contributed by atoms with Crippen LogP contribution in [0.15, 0.2) is 48.2 Å². The van der Waals surface area contributed by atoms with Crippen molar-refractivity contribution in [3.8, 4) is 17.2 Å². The molecule has 1 aromatic rings. The Bertz CT molecular complexity index is 694. The van der Waals surface area contributed by atoms with Crippen LogP contribution in [0.3, 0.4) is 0 Å². The predicted molar refractivity (Wildman–Crippen MR) is 77.2 cm³/mol. The molecule has 0 spiro atoms. The second-order valence-corrected chi connectivity index (χ2v) is 4.73. The van der Waals surface area contributed by atoms with Gasteiger partial charge in [0, 0.05) is 18.2 Å². The molecular formula is C15H13NO6. The van der Waals surface area contributed by atoms with Crippen molar-refractivity contribution in [1.82, 2.24) is 0 Å². The lowest BCUT2D eigenvalue weighted by atomic mass is 9.97. The highest BCUT2D eigenvalue weighted by Gasteiger charge is 2.17. The molecule has 1 aliphatic carbocycles. The van der Waals surface area contributed by atoms with Gasteiger partial charge in [0.15, 0.2) is 5.78 Å². The molecule has 7 heteroatoms. The van der Waals surface area contributed by atoms with Crippen LogP contribution in [-0.2, 0) is 0 Å². The van der Waals surface area contributed by atoms with Crippen LogP contribution < -0.4 is 0 Å². The van der Waals surface area contributed by atoms with Crippen molar-refractivity contribution in [3.05, 3.63) is 63.9 Å². The lowest BCUT2D eigenvalue weighted by Gasteiger charge is -2.08. The zero-order valence-electron chi connectivity index (χ0n) is 11.3. The Hall–Kier alpha value is -3.09. The minimum atomic E-state index is -0.632. The minimum absolute atomic E-state index is 0.00444. The average Bonchev–Trinajstić information content (AvgIpc) is 2.44. The maximum atomic E-state index is 12.0. The highest BCUT2D eigenvalue weighted by Crippen LogP contribution is 2.32. The molecule has 1 atom stereocenters. The van der Waals surface area contributed by atoms with Gasteiger partial charge in [-0.05, 0) is 24.5 Å². The normalized spacial score (nSPS) is 17.5. The summed E-state index contributed by atoms with van der Waals surface area (Å²) < 4.78 is 0. The molecule has 2 rings (SSSR count). The van der Waals surface area contributed by atoms with E-state index in [0.29, 0.717) is 6.42 Å². The highest BCUT2D eigenvalue weighted by atomic mass is 16.6. The van der Waals surface area contributed by atoms with Crippen LogP contribution in [0.5, 0.6) is 17.2 Å². The Labute approximate surface area is 125 Å². The number of nitro groups is 1. The Morgan fingerprint density at radius 1 is 1.27 bits per heavy atom. The molecular weight excluding hydrogens is 290 g/mol. The number of nitrogens with zero attached hydrogens (tertiary/aromatic N) is 1. The molecule has 22 heavy (non-hydrogen) atoms. The van der Waals surface area contributed by atoms with E-state index in [-0.39, 0.29) is 22.9 Å². The van der Waals surface area contributed by atoms with E-state index in [0.717, 1.165) is 12.1 Å². The van der Waals surface area contributed by atoms with Gasteiger partial charge in [-0.1, -0.05) is 12.2 Å². The van der Waals surface area contributed by atoms with Crippen LogP contribution in [0.4, 0.5) is 0 Å². The fraction of sp³-hybridized carbons (Fsp3) is 0.133. The molecule has 1 aliphatic rings. The number of aromatic hydroxyl groups is 3. The maximum absolute atomic E-state index is 12.0. The first-order valence-electron chi connectivity index (χ1n) is 6.38. The summed E-state index contributed by atoms with van der Waals surface area (Å²) in [5.41, 5.74) is -0.305. The quantitative estimate of drug-likeness (QED) is 0.339. The molecule has 3 N–H and O–H groups in total. The largest absolute Gasteiger partial charge is 0.508 e. The summed E-state index contributed by atoms with van der Waals surface area (Å²) in [5, 5.41) is 38.9. The summed E-state index contributed by atoms with van der Waals surface area (Å²) in [7, 11) is 0. The van der Waals surface area contributed by atoms with Crippen molar-refractivity contribution < 1.29 is 25.0 Å². The predicted octanol–water partition coefficient (Wildman–Crippen LogP) is 2.28. The molecule has 0 saturated heterocycles. The van der Waals surface area contributed by atoms with Gasteiger partial charge < -0.3 is 15.3 Å². The van der Waals surface area contributed by atoms with Crippen molar-refractivity contribution in [2.75, 3.05) is 0 Å². The monoisotopic (exact) mass is 303 g/mol. The third-order valence-electron chi connectivity index (χ3n) is 3.15. The molecule has 0 radical (unpaired) electrons. The summed E-state index contributed by atoms with van der Waals surface area (Å²) >= 11 is 0. The van der Waals surface area contributed by atoms with E-state index in [1.807, 2.05) is 0 Å². The first-order valence-corrected chi connectivity index (χ1v) is 6.38. The molecule has 0 unspecified atom stereocenters. The van der Waals surface area contributed by atoms with Crippen LogP contribution in [0.25, 0.3) is 0 Å². The SMILES string of the molecule is O=C(/C=C/[C@H]1C=CC([N+](=O)[O-])=CC1)c1c(O)cc(O)cc1O. The summed E-state index contributed by atoms with van der Waals surface area (Å²) in [6.45, 7) is 0. The van der Waals surface area contributed by atoms with E-state index >= 15 is 0 Å². The molecule has 1 aromatic carbocycles. The average molecular weight is 303 g/mol.